The Morgan fingerprint density at radius 1 is 0.903 bits per heavy atom. The van der Waals surface area contributed by atoms with Gasteiger partial charge in [0.1, 0.15) is 0 Å². The van der Waals surface area contributed by atoms with Gasteiger partial charge in [-0.25, -0.2) is 13.1 Å². The monoisotopic (exact) mass is 484 g/mol. The van der Waals surface area contributed by atoms with Crippen molar-refractivity contribution in [2.45, 2.75) is 25.3 Å². The largest absolute Gasteiger partial charge is 0.342 e. The van der Waals surface area contributed by atoms with E-state index in [0.29, 0.717) is 22.9 Å². The first kappa shape index (κ1) is 24.8. The second-order valence-corrected chi connectivity index (χ2v) is 9.74. The predicted molar refractivity (Wildman–Crippen MR) is 119 cm³/mol. The maximum absolute atomic E-state index is 12.7. The van der Waals surface area contributed by atoms with Crippen molar-refractivity contribution >= 4 is 50.8 Å². The van der Waals surface area contributed by atoms with E-state index in [0.717, 1.165) is 17.4 Å². The summed E-state index contributed by atoms with van der Waals surface area (Å²) in [6.45, 7) is 0. The third-order valence-corrected chi connectivity index (χ3v) is 5.61. The van der Waals surface area contributed by atoms with E-state index in [1.807, 2.05) is 24.3 Å². The lowest BCUT2D eigenvalue weighted by Gasteiger charge is -2.28. The summed E-state index contributed by atoms with van der Waals surface area (Å²) in [4.78, 5) is 37.8. The lowest BCUT2D eigenvalue weighted by atomic mass is 9.97. The van der Waals surface area contributed by atoms with Crippen molar-refractivity contribution in [2.75, 3.05) is 13.3 Å². The molecule has 0 spiro atoms. The first-order valence-corrected chi connectivity index (χ1v) is 11.9. The number of ketones is 1. The van der Waals surface area contributed by atoms with Gasteiger partial charge in [-0.05, 0) is 48.2 Å². The normalized spacial score (nSPS) is 11.3. The van der Waals surface area contributed by atoms with Gasteiger partial charge in [-0.15, -0.1) is 0 Å². The van der Waals surface area contributed by atoms with E-state index in [-0.39, 0.29) is 6.04 Å². The summed E-state index contributed by atoms with van der Waals surface area (Å²) in [6.07, 6.45) is 0.966. The summed E-state index contributed by atoms with van der Waals surface area (Å²) < 4.78 is 23.8. The summed E-state index contributed by atoms with van der Waals surface area (Å²) in [6, 6.07) is 14.0. The topological polar surface area (TPSA) is 101 Å². The van der Waals surface area contributed by atoms with Crippen LogP contribution in [0.1, 0.15) is 17.5 Å². The molecule has 166 valence electrons. The zero-order chi connectivity index (χ0) is 23.2. The molecule has 0 unspecified atom stereocenters. The van der Waals surface area contributed by atoms with Crippen LogP contribution in [-0.2, 0) is 37.2 Å². The van der Waals surface area contributed by atoms with Crippen LogP contribution in [0, 0.1) is 0 Å². The van der Waals surface area contributed by atoms with E-state index < -0.39 is 34.0 Å². The number of rotatable bonds is 9. The maximum Gasteiger partial charge on any atom is 0.301 e. The van der Waals surface area contributed by atoms with Gasteiger partial charge >= 0.3 is 5.91 Å². The number of carbonyl (C=O) groups excluding carboxylic acids is 3. The van der Waals surface area contributed by atoms with Gasteiger partial charge in [0.15, 0.2) is 0 Å². The average molecular weight is 485 g/mol. The van der Waals surface area contributed by atoms with Gasteiger partial charge in [0.25, 0.3) is 0 Å². The first-order chi connectivity index (χ1) is 14.4. The highest BCUT2D eigenvalue weighted by atomic mass is 35.5. The Balaban J connectivity index is 2.17. The molecule has 2 aromatic rings. The molecule has 0 aliphatic rings. The van der Waals surface area contributed by atoms with Crippen LogP contribution in [0.25, 0.3) is 0 Å². The third kappa shape index (κ3) is 8.32. The smallest absolute Gasteiger partial charge is 0.301 e. The minimum absolute atomic E-state index is 0.333. The molecule has 0 heterocycles. The van der Waals surface area contributed by atoms with Gasteiger partial charge in [-0.3, -0.25) is 14.4 Å². The molecular formula is C21H22Cl2N2O5S. The minimum Gasteiger partial charge on any atom is -0.342 e. The van der Waals surface area contributed by atoms with Crippen molar-refractivity contribution in [2.24, 2.45) is 0 Å². The lowest BCUT2D eigenvalue weighted by Crippen LogP contribution is -2.43. The number of amides is 2. The lowest BCUT2D eigenvalue weighted by molar-refractivity contribution is -0.142. The molecule has 0 saturated heterocycles. The minimum atomic E-state index is -3.90. The third-order valence-electron chi connectivity index (χ3n) is 4.55. The number of likely N-dealkylation sites (N-methyl/N-ethyl adjacent to an activating group) is 1. The number of sulfonamides is 1. The van der Waals surface area contributed by atoms with Crippen molar-refractivity contribution in [3.05, 3.63) is 69.7 Å². The van der Waals surface area contributed by atoms with Crippen LogP contribution < -0.4 is 4.72 Å². The molecule has 0 atom stereocenters. The molecule has 10 heteroatoms. The van der Waals surface area contributed by atoms with Gasteiger partial charge < -0.3 is 4.90 Å². The fourth-order valence-corrected chi connectivity index (χ4v) is 3.61. The Kier molecular flexibility index (Phi) is 8.61. The number of halogens is 2. The van der Waals surface area contributed by atoms with Crippen LogP contribution in [0.2, 0.25) is 10.0 Å². The Bertz CT molecular complexity index is 1010. The van der Waals surface area contributed by atoms with Crippen LogP contribution >= 0.6 is 23.2 Å². The molecule has 0 radical (unpaired) electrons. The molecule has 0 aromatic heterocycles. The number of nitrogens with zero attached hydrogens (tertiary/aromatic N) is 1. The Morgan fingerprint density at radius 2 is 1.32 bits per heavy atom. The molecule has 1 N–H and O–H groups in total. The highest BCUT2D eigenvalue weighted by molar-refractivity contribution is 7.89. The molecule has 0 aliphatic carbocycles. The van der Waals surface area contributed by atoms with Crippen molar-refractivity contribution in [1.29, 1.82) is 0 Å². The molecule has 31 heavy (non-hydrogen) atoms. The second-order valence-electron chi connectivity index (χ2n) is 7.12. The van der Waals surface area contributed by atoms with E-state index in [1.165, 1.54) is 4.90 Å². The average Bonchev–Trinajstić information content (AvgIpc) is 2.68. The predicted octanol–water partition coefficient (Wildman–Crippen LogP) is 2.64. The molecule has 7 nitrogen and oxygen atoms in total. The summed E-state index contributed by atoms with van der Waals surface area (Å²) in [5.41, 5.74) is 1.87. The van der Waals surface area contributed by atoms with Crippen molar-refractivity contribution in [3.63, 3.8) is 0 Å². The summed E-state index contributed by atoms with van der Waals surface area (Å²) in [7, 11) is -2.35. The van der Waals surface area contributed by atoms with Gasteiger partial charge in [0, 0.05) is 23.1 Å². The number of Topliss-reactive ketones (excluding diaryl/α,β-unsaturated/α-hetero) is 1. The van der Waals surface area contributed by atoms with Crippen LogP contribution in [0.15, 0.2) is 48.5 Å². The highest BCUT2D eigenvalue weighted by Crippen LogP contribution is 2.18. The number of hydrogen-bond donors (Lipinski definition) is 1. The van der Waals surface area contributed by atoms with E-state index in [1.54, 1.807) is 36.0 Å². The zero-order valence-electron chi connectivity index (χ0n) is 17.0. The summed E-state index contributed by atoms with van der Waals surface area (Å²) in [5, 5.41) is 1.18. The number of hydrogen-bond acceptors (Lipinski definition) is 5. The maximum atomic E-state index is 12.7. The van der Waals surface area contributed by atoms with Gasteiger partial charge in [0.2, 0.25) is 21.7 Å². The van der Waals surface area contributed by atoms with Gasteiger partial charge in [-0.2, -0.15) is 0 Å². The fourth-order valence-electron chi connectivity index (χ4n) is 2.90. The summed E-state index contributed by atoms with van der Waals surface area (Å²) in [5.74, 6) is -3.06. The standard InChI is InChI=1S/C21H22Cl2N2O5S/c1-25(20(27)13-19(26)21(28)24-31(2,29)30)18(11-14-3-7-16(22)8-4-14)12-15-5-9-17(23)10-6-15/h3-10,18H,11-13H2,1-2H3,(H,24,28). The quantitative estimate of drug-likeness (QED) is 0.435. The molecule has 2 amide bonds. The van der Waals surface area contributed by atoms with Gasteiger partial charge in [-0.1, -0.05) is 47.5 Å². The molecule has 2 aromatic carbocycles. The Morgan fingerprint density at radius 3 is 1.71 bits per heavy atom. The second kappa shape index (κ2) is 10.7. The van der Waals surface area contributed by atoms with Crippen LogP contribution in [0.4, 0.5) is 0 Å². The van der Waals surface area contributed by atoms with Crippen molar-refractivity contribution in [1.82, 2.24) is 9.62 Å². The van der Waals surface area contributed by atoms with Crippen molar-refractivity contribution < 1.29 is 22.8 Å². The number of carbonyl (C=O) groups is 3. The highest BCUT2D eigenvalue weighted by Gasteiger charge is 2.26. The molecular weight excluding hydrogens is 463 g/mol. The van der Waals surface area contributed by atoms with Gasteiger partial charge in [0.05, 0.1) is 12.7 Å². The SMILES string of the molecule is CN(C(=O)CC(=O)C(=O)NS(C)(=O)=O)C(Cc1ccc(Cl)cc1)Cc1ccc(Cl)cc1. The molecule has 0 bridgehead atoms. The number of benzene rings is 2. The molecule has 0 aliphatic heterocycles. The Labute approximate surface area is 191 Å². The van der Waals surface area contributed by atoms with Crippen LogP contribution in [-0.4, -0.2) is 50.3 Å². The first-order valence-electron chi connectivity index (χ1n) is 9.24. The summed E-state index contributed by atoms with van der Waals surface area (Å²) >= 11 is 11.9. The van der Waals surface area contributed by atoms with E-state index in [4.69, 9.17) is 23.2 Å². The molecule has 0 saturated carbocycles. The van der Waals surface area contributed by atoms with E-state index in [9.17, 15) is 22.8 Å². The van der Waals surface area contributed by atoms with Crippen LogP contribution in [0.3, 0.4) is 0 Å². The van der Waals surface area contributed by atoms with Crippen LogP contribution in [0.5, 0.6) is 0 Å². The molecule has 2 rings (SSSR count). The Hall–Kier alpha value is -2.42. The number of nitrogens with one attached hydrogen (secondary N) is 1. The van der Waals surface area contributed by atoms with E-state index in [2.05, 4.69) is 0 Å². The zero-order valence-corrected chi connectivity index (χ0v) is 19.3. The van der Waals surface area contributed by atoms with Crippen molar-refractivity contribution in [3.8, 4) is 0 Å². The van der Waals surface area contributed by atoms with E-state index >= 15 is 0 Å². The fraction of sp³-hybridized carbons (Fsp3) is 0.286. The molecule has 0 fully saturated rings.